The highest BCUT2D eigenvalue weighted by Gasteiger charge is 2.32. The van der Waals surface area contributed by atoms with Gasteiger partial charge in [-0.15, -0.1) is 0 Å². The molecule has 1 N–H and O–H groups in total. The molecule has 7 heteroatoms. The van der Waals surface area contributed by atoms with Crippen molar-refractivity contribution in [3.05, 3.63) is 42.1 Å². The molecule has 2 aromatic rings. The molecule has 0 amide bonds. The quantitative estimate of drug-likeness (QED) is 0.519. The third-order valence-electron chi connectivity index (χ3n) is 6.53. The highest BCUT2D eigenvalue weighted by atomic mass is 19.1. The van der Waals surface area contributed by atoms with Gasteiger partial charge in [0.05, 0.1) is 23.8 Å². The molecule has 5 nitrogen and oxygen atoms in total. The monoisotopic (exact) mass is 422 g/mol. The molecule has 4 aliphatic rings. The number of methoxy groups -OCH3 is 1. The summed E-state index contributed by atoms with van der Waals surface area (Å²) >= 11 is 0. The number of fused-ring (bicyclic) bond motifs is 5. The molecule has 0 aromatic heterocycles. The molecule has 0 bridgehead atoms. The molecule has 0 spiro atoms. The Balaban J connectivity index is 1.70. The minimum atomic E-state index is -0.325. The van der Waals surface area contributed by atoms with Gasteiger partial charge >= 0.3 is 0 Å². The van der Waals surface area contributed by atoms with Gasteiger partial charge in [-0.3, -0.25) is 0 Å². The van der Waals surface area contributed by atoms with Gasteiger partial charge in [0, 0.05) is 60.3 Å². The molecule has 3 aliphatic heterocycles. The van der Waals surface area contributed by atoms with Crippen molar-refractivity contribution in [2.75, 3.05) is 31.6 Å². The summed E-state index contributed by atoms with van der Waals surface area (Å²) in [5, 5.41) is 5.00. The highest BCUT2D eigenvalue weighted by molar-refractivity contribution is 6.08. The molecule has 31 heavy (non-hydrogen) atoms. The summed E-state index contributed by atoms with van der Waals surface area (Å²) in [4.78, 5) is 6.77. The van der Waals surface area contributed by atoms with Crippen molar-refractivity contribution in [2.45, 2.75) is 31.8 Å². The standard InChI is InChI=1S/C24H24F2N4O/c1-13-11-29(8-7-27-13)23-19(26)10-17-21-18(16-6-3-14(25)9-20(16)28-21)12-30(15-4-5-15)22(17)24(23)31-2/h3,6,9-10,12-13,15,27H,4-5,7-8,11H2,1-2H3. The Kier molecular flexibility index (Phi) is 4.12. The van der Waals surface area contributed by atoms with Crippen molar-refractivity contribution in [1.82, 2.24) is 14.9 Å². The smallest absolute Gasteiger partial charge is 0.169 e. The number of aromatic nitrogens is 2. The summed E-state index contributed by atoms with van der Waals surface area (Å²) < 4.78 is 37.6. The Bertz CT molecular complexity index is 1300. The van der Waals surface area contributed by atoms with Gasteiger partial charge in [-0.2, -0.15) is 0 Å². The molecule has 1 saturated carbocycles. The fourth-order valence-corrected chi connectivity index (χ4v) is 4.98. The van der Waals surface area contributed by atoms with Gasteiger partial charge in [0.25, 0.3) is 0 Å². The van der Waals surface area contributed by atoms with Crippen LogP contribution in [0.15, 0.2) is 30.5 Å². The number of halogens is 2. The van der Waals surface area contributed by atoms with E-state index in [4.69, 9.17) is 9.72 Å². The molecule has 2 aromatic carbocycles. The SMILES string of the molecule is COc1c(N2CCNC(C)C2)c(F)cc2c3nc4cc(F)ccc4c-3cn(C3CC3)c12. The lowest BCUT2D eigenvalue weighted by Gasteiger charge is -2.35. The van der Waals surface area contributed by atoms with Crippen LogP contribution in [-0.4, -0.2) is 42.3 Å². The molecular weight excluding hydrogens is 398 g/mol. The average molecular weight is 422 g/mol. The molecule has 1 atom stereocenters. The third-order valence-corrected chi connectivity index (χ3v) is 6.53. The minimum Gasteiger partial charge on any atom is -0.492 e. The van der Waals surface area contributed by atoms with E-state index < -0.39 is 0 Å². The molecule has 6 rings (SSSR count). The molecule has 1 aliphatic carbocycles. The van der Waals surface area contributed by atoms with Crippen LogP contribution in [0.3, 0.4) is 0 Å². The number of rotatable bonds is 3. The molecule has 1 saturated heterocycles. The van der Waals surface area contributed by atoms with E-state index in [2.05, 4.69) is 27.9 Å². The van der Waals surface area contributed by atoms with E-state index in [1.165, 1.54) is 12.1 Å². The number of anilines is 1. The van der Waals surface area contributed by atoms with Crippen LogP contribution in [-0.2, 0) is 0 Å². The van der Waals surface area contributed by atoms with Crippen LogP contribution in [0.2, 0.25) is 0 Å². The first-order valence-corrected chi connectivity index (χ1v) is 10.8. The van der Waals surface area contributed by atoms with Gasteiger partial charge in [-0.05, 0) is 38.0 Å². The summed E-state index contributed by atoms with van der Waals surface area (Å²) in [6.07, 6.45) is 4.24. The highest BCUT2D eigenvalue weighted by Crippen LogP contribution is 2.48. The van der Waals surface area contributed by atoms with Crippen molar-refractivity contribution < 1.29 is 13.5 Å². The summed E-state index contributed by atoms with van der Waals surface area (Å²) in [5.41, 5.74) is 3.57. The van der Waals surface area contributed by atoms with Gasteiger partial charge in [0.1, 0.15) is 11.5 Å². The largest absolute Gasteiger partial charge is 0.492 e. The molecule has 2 fully saturated rings. The maximum Gasteiger partial charge on any atom is 0.169 e. The first-order chi connectivity index (χ1) is 15.0. The number of ether oxygens (including phenoxy) is 1. The lowest BCUT2D eigenvalue weighted by atomic mass is 10.0. The topological polar surface area (TPSA) is 42.3 Å². The van der Waals surface area contributed by atoms with E-state index in [1.807, 2.05) is 0 Å². The van der Waals surface area contributed by atoms with Crippen LogP contribution in [0.5, 0.6) is 5.75 Å². The third kappa shape index (κ3) is 2.86. The van der Waals surface area contributed by atoms with Crippen LogP contribution >= 0.6 is 0 Å². The second-order valence-corrected chi connectivity index (χ2v) is 8.74. The lowest BCUT2D eigenvalue weighted by Crippen LogP contribution is -2.49. The molecule has 160 valence electrons. The zero-order chi connectivity index (χ0) is 21.3. The molecular formula is C24H24F2N4O. The zero-order valence-corrected chi connectivity index (χ0v) is 17.6. The van der Waals surface area contributed by atoms with Crippen LogP contribution in [0.25, 0.3) is 33.1 Å². The van der Waals surface area contributed by atoms with Gasteiger partial charge in [-0.1, -0.05) is 0 Å². The van der Waals surface area contributed by atoms with Gasteiger partial charge in [0.15, 0.2) is 11.6 Å². The summed E-state index contributed by atoms with van der Waals surface area (Å²) in [5.74, 6) is -0.0868. The van der Waals surface area contributed by atoms with E-state index in [0.29, 0.717) is 47.2 Å². The number of hydrogen-bond acceptors (Lipinski definition) is 4. The van der Waals surface area contributed by atoms with Gasteiger partial charge < -0.3 is 19.5 Å². The number of nitrogens with one attached hydrogen (secondary N) is 1. The van der Waals surface area contributed by atoms with E-state index in [0.717, 1.165) is 35.9 Å². The predicted molar refractivity (Wildman–Crippen MR) is 118 cm³/mol. The number of nitrogens with zero attached hydrogens (tertiary/aromatic N) is 3. The zero-order valence-electron chi connectivity index (χ0n) is 17.6. The van der Waals surface area contributed by atoms with Crippen molar-refractivity contribution in [3.63, 3.8) is 0 Å². The maximum atomic E-state index is 15.6. The van der Waals surface area contributed by atoms with Gasteiger partial charge in [-0.25, -0.2) is 13.8 Å². The predicted octanol–water partition coefficient (Wildman–Crippen LogP) is 4.71. The minimum absolute atomic E-state index is 0.267. The second kappa shape index (κ2) is 6.79. The van der Waals surface area contributed by atoms with Crippen LogP contribution in [0.1, 0.15) is 25.8 Å². The summed E-state index contributed by atoms with van der Waals surface area (Å²) in [6.45, 7) is 4.32. The molecule has 1 unspecified atom stereocenters. The van der Waals surface area contributed by atoms with Gasteiger partial charge in [0.2, 0.25) is 0 Å². The first-order valence-electron chi connectivity index (χ1n) is 10.8. The second-order valence-electron chi connectivity index (χ2n) is 8.74. The van der Waals surface area contributed by atoms with E-state index in [-0.39, 0.29) is 17.7 Å². The van der Waals surface area contributed by atoms with Crippen molar-refractivity contribution >= 4 is 27.5 Å². The Morgan fingerprint density at radius 2 is 2.00 bits per heavy atom. The number of benzene rings is 2. The lowest BCUT2D eigenvalue weighted by molar-refractivity contribution is 0.407. The van der Waals surface area contributed by atoms with Crippen molar-refractivity contribution in [3.8, 4) is 17.0 Å². The van der Waals surface area contributed by atoms with Crippen LogP contribution in [0, 0.1) is 11.6 Å². The van der Waals surface area contributed by atoms with E-state index >= 15 is 4.39 Å². The summed E-state index contributed by atoms with van der Waals surface area (Å²) in [6, 6.07) is 6.85. The first kappa shape index (κ1) is 18.8. The Labute approximate surface area is 178 Å². The normalized spacial score (nSPS) is 19.6. The Morgan fingerprint density at radius 3 is 2.74 bits per heavy atom. The fourth-order valence-electron chi connectivity index (χ4n) is 4.98. The number of pyridine rings is 1. The van der Waals surface area contributed by atoms with E-state index in [9.17, 15) is 4.39 Å². The van der Waals surface area contributed by atoms with Crippen molar-refractivity contribution in [1.29, 1.82) is 0 Å². The van der Waals surface area contributed by atoms with Crippen LogP contribution in [0.4, 0.5) is 14.5 Å². The fraction of sp³-hybridized carbons (Fsp3) is 0.375. The molecule has 3 heterocycles. The number of piperazine rings is 1. The summed E-state index contributed by atoms with van der Waals surface area (Å²) in [7, 11) is 1.61. The Morgan fingerprint density at radius 1 is 1.16 bits per heavy atom. The van der Waals surface area contributed by atoms with Crippen molar-refractivity contribution in [2.24, 2.45) is 0 Å². The Hall–Kier alpha value is -2.93. The number of hydrogen-bond donors (Lipinski definition) is 1. The van der Waals surface area contributed by atoms with E-state index in [1.54, 1.807) is 19.2 Å². The van der Waals surface area contributed by atoms with Crippen LogP contribution < -0.4 is 15.0 Å². The maximum absolute atomic E-state index is 15.6. The average Bonchev–Trinajstić information content (AvgIpc) is 3.53. The molecule has 0 radical (unpaired) electrons.